The molecule has 0 fully saturated rings. The van der Waals surface area contributed by atoms with E-state index in [2.05, 4.69) is 0 Å². The fourth-order valence-corrected chi connectivity index (χ4v) is 2.04. The first-order valence-corrected chi connectivity index (χ1v) is 7.47. The molecule has 1 unspecified atom stereocenters. The van der Waals surface area contributed by atoms with Gasteiger partial charge in [0.15, 0.2) is 0 Å². The maximum Gasteiger partial charge on any atom is 0.317 e. The SMILES string of the molecule is CCOC(=O)CC(C(=O)CCc1ccccc1)C(=O)OCC. The van der Waals surface area contributed by atoms with Crippen molar-refractivity contribution in [3.8, 4) is 0 Å². The summed E-state index contributed by atoms with van der Waals surface area (Å²) in [5.74, 6) is -2.60. The average Bonchev–Trinajstić information content (AvgIpc) is 2.52. The number of esters is 2. The molecule has 1 atom stereocenters. The van der Waals surface area contributed by atoms with Crippen molar-refractivity contribution in [2.24, 2.45) is 5.92 Å². The van der Waals surface area contributed by atoms with Gasteiger partial charge in [-0.1, -0.05) is 30.3 Å². The Morgan fingerprint density at radius 1 is 1.00 bits per heavy atom. The monoisotopic (exact) mass is 306 g/mol. The molecule has 1 aromatic carbocycles. The van der Waals surface area contributed by atoms with Crippen LogP contribution in [0.1, 0.15) is 32.3 Å². The molecule has 0 heterocycles. The number of hydrogen-bond donors (Lipinski definition) is 0. The van der Waals surface area contributed by atoms with Gasteiger partial charge in [0.05, 0.1) is 19.6 Å². The maximum atomic E-state index is 12.3. The Morgan fingerprint density at radius 3 is 2.23 bits per heavy atom. The van der Waals surface area contributed by atoms with E-state index >= 15 is 0 Å². The summed E-state index contributed by atoms with van der Waals surface area (Å²) in [7, 11) is 0. The van der Waals surface area contributed by atoms with Gasteiger partial charge in [-0.05, 0) is 25.8 Å². The Kier molecular flexibility index (Phi) is 7.89. The van der Waals surface area contributed by atoms with E-state index in [-0.39, 0.29) is 31.8 Å². The first-order valence-electron chi connectivity index (χ1n) is 7.47. The highest BCUT2D eigenvalue weighted by Gasteiger charge is 2.30. The summed E-state index contributed by atoms with van der Waals surface area (Å²) in [4.78, 5) is 35.7. The van der Waals surface area contributed by atoms with Gasteiger partial charge in [0.25, 0.3) is 0 Å². The van der Waals surface area contributed by atoms with Crippen molar-refractivity contribution < 1.29 is 23.9 Å². The lowest BCUT2D eigenvalue weighted by molar-refractivity contribution is -0.157. The van der Waals surface area contributed by atoms with Crippen molar-refractivity contribution in [3.05, 3.63) is 35.9 Å². The zero-order valence-corrected chi connectivity index (χ0v) is 13.0. The van der Waals surface area contributed by atoms with E-state index in [1.807, 2.05) is 30.3 Å². The van der Waals surface area contributed by atoms with Crippen molar-refractivity contribution in [3.63, 3.8) is 0 Å². The van der Waals surface area contributed by atoms with Gasteiger partial charge in [-0.25, -0.2) is 0 Å². The van der Waals surface area contributed by atoms with Crippen LogP contribution in [0.15, 0.2) is 30.3 Å². The third-order valence-electron chi connectivity index (χ3n) is 3.14. The van der Waals surface area contributed by atoms with Crippen molar-refractivity contribution in [2.45, 2.75) is 33.1 Å². The molecule has 0 aliphatic heterocycles. The number of ketones is 1. The predicted octanol–water partition coefficient (Wildman–Crippen LogP) is 2.32. The summed E-state index contributed by atoms with van der Waals surface area (Å²) >= 11 is 0. The van der Waals surface area contributed by atoms with E-state index in [1.54, 1.807) is 13.8 Å². The van der Waals surface area contributed by atoms with E-state index in [4.69, 9.17) is 9.47 Å². The molecule has 0 saturated carbocycles. The van der Waals surface area contributed by atoms with Gasteiger partial charge in [-0.15, -0.1) is 0 Å². The van der Waals surface area contributed by atoms with E-state index < -0.39 is 17.9 Å². The van der Waals surface area contributed by atoms with Crippen LogP contribution in [0.2, 0.25) is 0 Å². The van der Waals surface area contributed by atoms with Gasteiger partial charge in [0, 0.05) is 6.42 Å². The Balaban J connectivity index is 2.66. The fraction of sp³-hybridized carbons (Fsp3) is 0.471. The molecule has 0 amide bonds. The molecule has 0 N–H and O–H groups in total. The van der Waals surface area contributed by atoms with Crippen molar-refractivity contribution in [1.29, 1.82) is 0 Å². The molecule has 1 aromatic rings. The molecular formula is C17H22O5. The highest BCUT2D eigenvalue weighted by atomic mass is 16.5. The standard InChI is InChI=1S/C17H22O5/c1-3-21-16(19)12-14(17(20)22-4-2)15(18)11-10-13-8-6-5-7-9-13/h5-9,14H,3-4,10-12H2,1-2H3. The molecule has 0 radical (unpaired) electrons. The van der Waals surface area contributed by atoms with Crippen LogP contribution in [0.25, 0.3) is 0 Å². The van der Waals surface area contributed by atoms with Gasteiger partial charge >= 0.3 is 11.9 Å². The average molecular weight is 306 g/mol. The molecule has 22 heavy (non-hydrogen) atoms. The quantitative estimate of drug-likeness (QED) is 0.517. The third kappa shape index (κ3) is 6.08. The Labute approximate surface area is 130 Å². The number of benzene rings is 1. The largest absolute Gasteiger partial charge is 0.466 e. The first kappa shape index (κ1) is 17.9. The predicted molar refractivity (Wildman–Crippen MR) is 81.1 cm³/mol. The lowest BCUT2D eigenvalue weighted by Gasteiger charge is -2.14. The van der Waals surface area contributed by atoms with Gasteiger partial charge in [0.2, 0.25) is 0 Å². The maximum absolute atomic E-state index is 12.3. The minimum absolute atomic E-state index is 0.171. The van der Waals surface area contributed by atoms with E-state index in [1.165, 1.54) is 0 Å². The molecule has 5 heteroatoms. The summed E-state index contributed by atoms with van der Waals surface area (Å²) < 4.78 is 9.70. The Bertz CT molecular complexity index is 495. The Hall–Kier alpha value is -2.17. The van der Waals surface area contributed by atoms with Crippen molar-refractivity contribution in [1.82, 2.24) is 0 Å². The molecule has 0 bridgehead atoms. The number of carbonyl (C=O) groups is 3. The smallest absolute Gasteiger partial charge is 0.317 e. The second-order valence-corrected chi connectivity index (χ2v) is 4.77. The van der Waals surface area contributed by atoms with Crippen LogP contribution in [0, 0.1) is 5.92 Å². The highest BCUT2D eigenvalue weighted by molar-refractivity contribution is 6.01. The number of carbonyl (C=O) groups excluding carboxylic acids is 3. The molecule has 0 aromatic heterocycles. The topological polar surface area (TPSA) is 69.7 Å². The van der Waals surface area contributed by atoms with Crippen LogP contribution in [0.5, 0.6) is 0 Å². The summed E-state index contributed by atoms with van der Waals surface area (Å²) in [6.07, 6.45) is 0.450. The highest BCUT2D eigenvalue weighted by Crippen LogP contribution is 2.14. The zero-order chi connectivity index (χ0) is 16.4. The van der Waals surface area contributed by atoms with Gasteiger partial charge in [-0.3, -0.25) is 14.4 Å². The van der Waals surface area contributed by atoms with Gasteiger partial charge < -0.3 is 9.47 Å². The van der Waals surface area contributed by atoms with E-state index in [0.29, 0.717) is 6.42 Å². The van der Waals surface area contributed by atoms with Crippen LogP contribution >= 0.6 is 0 Å². The second kappa shape index (κ2) is 9.71. The number of hydrogen-bond acceptors (Lipinski definition) is 5. The van der Waals surface area contributed by atoms with E-state index in [9.17, 15) is 14.4 Å². The van der Waals surface area contributed by atoms with Crippen molar-refractivity contribution in [2.75, 3.05) is 13.2 Å². The van der Waals surface area contributed by atoms with Crippen molar-refractivity contribution >= 4 is 17.7 Å². The number of aryl methyl sites for hydroxylation is 1. The van der Waals surface area contributed by atoms with Gasteiger partial charge in [-0.2, -0.15) is 0 Å². The van der Waals surface area contributed by atoms with Crippen LogP contribution in [0.4, 0.5) is 0 Å². The summed E-state index contributed by atoms with van der Waals surface area (Å²) in [5.41, 5.74) is 1.01. The molecule has 0 aliphatic rings. The van der Waals surface area contributed by atoms with Crippen LogP contribution in [-0.4, -0.2) is 30.9 Å². The normalized spacial score (nSPS) is 11.5. The minimum atomic E-state index is -1.08. The summed E-state index contributed by atoms with van der Waals surface area (Å²) in [5, 5.41) is 0. The zero-order valence-electron chi connectivity index (χ0n) is 13.0. The lowest BCUT2D eigenvalue weighted by Crippen LogP contribution is -2.29. The minimum Gasteiger partial charge on any atom is -0.466 e. The molecular weight excluding hydrogens is 284 g/mol. The second-order valence-electron chi connectivity index (χ2n) is 4.77. The van der Waals surface area contributed by atoms with Gasteiger partial charge in [0.1, 0.15) is 11.7 Å². The van der Waals surface area contributed by atoms with E-state index in [0.717, 1.165) is 5.56 Å². The summed E-state index contributed by atoms with van der Waals surface area (Å²) in [6, 6.07) is 9.51. The number of rotatable bonds is 9. The molecule has 0 spiro atoms. The fourth-order valence-electron chi connectivity index (χ4n) is 2.04. The summed E-state index contributed by atoms with van der Waals surface area (Å²) in [6.45, 7) is 3.72. The molecule has 120 valence electrons. The lowest BCUT2D eigenvalue weighted by atomic mass is 9.95. The van der Waals surface area contributed by atoms with Crippen LogP contribution < -0.4 is 0 Å². The first-order chi connectivity index (χ1) is 10.6. The molecule has 1 rings (SSSR count). The molecule has 0 aliphatic carbocycles. The number of Topliss-reactive ketones (excluding diaryl/α,β-unsaturated/α-hetero) is 1. The number of ether oxygens (including phenoxy) is 2. The Morgan fingerprint density at radius 2 is 1.64 bits per heavy atom. The molecule has 5 nitrogen and oxygen atoms in total. The third-order valence-corrected chi connectivity index (χ3v) is 3.14. The van der Waals surface area contributed by atoms with Crippen LogP contribution in [0.3, 0.4) is 0 Å². The van der Waals surface area contributed by atoms with Crippen LogP contribution in [-0.2, 0) is 30.3 Å². The molecule has 0 saturated heterocycles.